The number of nitrogens with zero attached hydrogens (tertiary/aromatic N) is 3. The number of hydrogen-bond donors (Lipinski definition) is 0. The fraction of sp³-hybridized carbons (Fsp3) is 0.242. The van der Waals surface area contributed by atoms with Crippen molar-refractivity contribution in [3.8, 4) is 17.2 Å². The molecule has 1 aromatic heterocycles. The van der Waals surface area contributed by atoms with Crippen molar-refractivity contribution in [2.75, 3.05) is 20.3 Å². The molecule has 1 atom stereocenters. The Labute approximate surface area is 290 Å². The topological polar surface area (TPSA) is 131 Å². The first kappa shape index (κ1) is 34.1. The Balaban J connectivity index is 1.54. The molecule has 0 bridgehead atoms. The van der Waals surface area contributed by atoms with Crippen LogP contribution in [0.1, 0.15) is 43.5 Å². The van der Waals surface area contributed by atoms with E-state index in [0.29, 0.717) is 59.0 Å². The van der Waals surface area contributed by atoms with Gasteiger partial charge in [-0.15, -0.1) is 0 Å². The second kappa shape index (κ2) is 14.7. The number of thiazole rings is 1. The van der Waals surface area contributed by atoms with Gasteiger partial charge in [-0.3, -0.25) is 19.5 Å². The highest BCUT2D eigenvalue weighted by Gasteiger charge is 2.34. The van der Waals surface area contributed by atoms with E-state index in [0.717, 1.165) is 5.56 Å². The summed E-state index contributed by atoms with van der Waals surface area (Å²) in [4.78, 5) is 42.9. The number of non-ortho nitro benzene ring substituents is 1. The molecule has 1 aliphatic rings. The summed E-state index contributed by atoms with van der Waals surface area (Å²) in [5.74, 6) is 0.982. The number of methoxy groups -OCH3 is 1. The molecule has 5 rings (SSSR count). The van der Waals surface area contributed by atoms with Crippen molar-refractivity contribution in [3.63, 3.8) is 0 Å². The van der Waals surface area contributed by atoms with Crippen molar-refractivity contribution < 1.29 is 28.7 Å². The van der Waals surface area contributed by atoms with Crippen molar-refractivity contribution in [2.24, 2.45) is 4.99 Å². The molecule has 0 N–H and O–H groups in total. The number of aromatic nitrogens is 1. The third kappa shape index (κ3) is 7.19. The number of nitro benzene ring substituents is 1. The molecule has 11 nitrogen and oxygen atoms in total. The summed E-state index contributed by atoms with van der Waals surface area (Å²) < 4.78 is 25.8. The lowest BCUT2D eigenvalue weighted by Gasteiger charge is -2.25. The lowest BCUT2D eigenvalue weighted by molar-refractivity contribution is -0.384. The van der Waals surface area contributed by atoms with Crippen molar-refractivity contribution in [2.45, 2.75) is 33.4 Å². The maximum absolute atomic E-state index is 14.1. The number of esters is 1. The number of ether oxygens (including phenoxy) is 4. The van der Waals surface area contributed by atoms with Gasteiger partial charge in [0.25, 0.3) is 11.2 Å². The number of carbonyl (C=O) groups excluding carboxylic acids is 1. The summed E-state index contributed by atoms with van der Waals surface area (Å²) in [5, 5.41) is 10.9. The number of nitro groups is 1. The van der Waals surface area contributed by atoms with E-state index in [1.165, 1.54) is 28.0 Å². The van der Waals surface area contributed by atoms with Crippen LogP contribution in [0.4, 0.5) is 5.69 Å². The minimum atomic E-state index is -0.814. The highest BCUT2D eigenvalue weighted by Crippen LogP contribution is 2.37. The predicted octanol–water partition coefficient (Wildman–Crippen LogP) is 6.22. The third-order valence-electron chi connectivity index (χ3n) is 7.17. The zero-order valence-corrected chi connectivity index (χ0v) is 29.7. The summed E-state index contributed by atoms with van der Waals surface area (Å²) in [7, 11) is 1.54. The summed E-state index contributed by atoms with van der Waals surface area (Å²) in [6.45, 7) is 6.06. The van der Waals surface area contributed by atoms with E-state index in [1.807, 2.05) is 19.1 Å². The van der Waals surface area contributed by atoms with Gasteiger partial charge in [0, 0.05) is 12.1 Å². The van der Waals surface area contributed by atoms with Crippen molar-refractivity contribution in [3.05, 3.63) is 121 Å². The first-order chi connectivity index (χ1) is 22.6. The van der Waals surface area contributed by atoms with Gasteiger partial charge in [-0.2, -0.15) is 0 Å². The van der Waals surface area contributed by atoms with Crippen molar-refractivity contribution in [1.82, 2.24) is 4.57 Å². The summed E-state index contributed by atoms with van der Waals surface area (Å²) in [6.07, 6.45) is 1.75. The van der Waals surface area contributed by atoms with Crippen molar-refractivity contribution >= 4 is 60.9 Å². The Morgan fingerprint density at radius 1 is 1.04 bits per heavy atom. The SMILES string of the molecule is CCOC(=O)C1=C(C)N=c2s/c(=C\c3cc(Br)c(OCc4ccc([N+](=O)[O-])cc4)c(Br)c3)c(=O)n2[C@H]1c1ccc(OC)c(OCC)c1. The van der Waals surface area contributed by atoms with E-state index in [-0.39, 0.29) is 30.0 Å². The van der Waals surface area contributed by atoms with E-state index in [1.54, 1.807) is 57.4 Å². The van der Waals surface area contributed by atoms with Gasteiger partial charge in [0.2, 0.25) is 0 Å². The number of rotatable bonds is 11. The molecule has 0 aliphatic carbocycles. The van der Waals surface area contributed by atoms with Gasteiger partial charge in [0.05, 0.1) is 56.0 Å². The third-order valence-corrected chi connectivity index (χ3v) is 9.33. The van der Waals surface area contributed by atoms with Crippen LogP contribution in [0.25, 0.3) is 6.08 Å². The molecule has 4 aromatic rings. The van der Waals surface area contributed by atoms with Gasteiger partial charge in [-0.05, 0) is 112 Å². The average Bonchev–Trinajstić information content (AvgIpc) is 3.34. The molecule has 0 spiro atoms. The highest BCUT2D eigenvalue weighted by atomic mass is 79.9. The molecule has 0 unspecified atom stereocenters. The molecule has 3 aromatic carbocycles. The molecule has 47 heavy (non-hydrogen) atoms. The maximum Gasteiger partial charge on any atom is 0.338 e. The van der Waals surface area contributed by atoms with Crippen LogP contribution < -0.4 is 29.1 Å². The Morgan fingerprint density at radius 2 is 1.74 bits per heavy atom. The molecule has 1 aliphatic heterocycles. The summed E-state index contributed by atoms with van der Waals surface area (Å²) in [5.41, 5.74) is 2.50. The first-order valence-corrected chi connectivity index (χ1v) is 16.8. The van der Waals surface area contributed by atoms with E-state index < -0.39 is 16.9 Å². The molecule has 14 heteroatoms. The van der Waals surface area contributed by atoms with Crippen molar-refractivity contribution in [1.29, 1.82) is 0 Å². The molecule has 0 saturated carbocycles. The zero-order chi connectivity index (χ0) is 33.8. The van der Waals surface area contributed by atoms with Crippen LogP contribution in [0.5, 0.6) is 17.2 Å². The Kier molecular flexibility index (Phi) is 10.6. The molecular formula is C33H29Br2N3O8S. The number of benzene rings is 3. The summed E-state index contributed by atoms with van der Waals surface area (Å²) in [6, 6.07) is 14.3. The zero-order valence-electron chi connectivity index (χ0n) is 25.7. The second-order valence-electron chi connectivity index (χ2n) is 10.2. The van der Waals surface area contributed by atoms with E-state index >= 15 is 0 Å². The molecule has 0 amide bonds. The van der Waals surface area contributed by atoms with Gasteiger partial charge >= 0.3 is 5.97 Å². The number of hydrogen-bond acceptors (Lipinski definition) is 10. The van der Waals surface area contributed by atoms with Gasteiger partial charge < -0.3 is 18.9 Å². The molecule has 0 saturated heterocycles. The van der Waals surface area contributed by atoms with Gasteiger partial charge in [0.1, 0.15) is 12.4 Å². The molecule has 0 radical (unpaired) electrons. The standard InChI is InChI=1S/C33H29Br2N3O8S/c1-5-44-26-16-21(9-12-25(26)43-4)29-28(32(40)45-6-2)18(3)36-33-37(29)31(39)27(47-33)15-20-13-23(34)30(24(35)14-20)46-17-19-7-10-22(11-8-19)38(41)42/h7-16,29H,5-6,17H2,1-4H3/b27-15-/t29-/m0/s1. The molecule has 244 valence electrons. The van der Waals surface area contributed by atoms with E-state index in [2.05, 4.69) is 36.9 Å². The number of allylic oxidation sites excluding steroid dienone is 1. The normalized spacial score (nSPS) is 14.3. The van der Waals surface area contributed by atoms with Crippen LogP contribution in [-0.2, 0) is 16.1 Å². The van der Waals surface area contributed by atoms with Crippen LogP contribution in [0, 0.1) is 10.1 Å². The van der Waals surface area contributed by atoms with Crippen LogP contribution in [-0.4, -0.2) is 35.8 Å². The fourth-order valence-corrected chi connectivity index (χ4v) is 7.56. The first-order valence-electron chi connectivity index (χ1n) is 14.4. The lowest BCUT2D eigenvalue weighted by Crippen LogP contribution is -2.40. The minimum absolute atomic E-state index is 0.00333. The van der Waals surface area contributed by atoms with Crippen LogP contribution in [0.3, 0.4) is 0 Å². The maximum atomic E-state index is 14.1. The largest absolute Gasteiger partial charge is 0.493 e. The van der Waals surface area contributed by atoms with Crippen LogP contribution in [0.15, 0.2) is 84.6 Å². The van der Waals surface area contributed by atoms with Crippen LogP contribution in [0.2, 0.25) is 0 Å². The number of carbonyl (C=O) groups is 1. The molecule has 0 fully saturated rings. The summed E-state index contributed by atoms with van der Waals surface area (Å²) >= 11 is 8.34. The lowest BCUT2D eigenvalue weighted by atomic mass is 9.95. The number of halogens is 2. The molecular weight excluding hydrogens is 758 g/mol. The van der Waals surface area contributed by atoms with Gasteiger partial charge in [-0.1, -0.05) is 17.4 Å². The smallest absolute Gasteiger partial charge is 0.338 e. The monoisotopic (exact) mass is 785 g/mol. The minimum Gasteiger partial charge on any atom is -0.493 e. The Hall–Kier alpha value is -4.27. The van der Waals surface area contributed by atoms with Crippen LogP contribution >= 0.6 is 43.2 Å². The number of fused-ring (bicyclic) bond motifs is 1. The quantitative estimate of drug-likeness (QED) is 0.0996. The average molecular weight is 787 g/mol. The van der Waals surface area contributed by atoms with E-state index in [4.69, 9.17) is 18.9 Å². The second-order valence-corrected chi connectivity index (χ2v) is 12.9. The van der Waals surface area contributed by atoms with Gasteiger partial charge in [-0.25, -0.2) is 9.79 Å². The Bertz CT molecular complexity index is 2050. The van der Waals surface area contributed by atoms with Gasteiger partial charge in [0.15, 0.2) is 16.3 Å². The fourth-order valence-electron chi connectivity index (χ4n) is 5.06. The van der Waals surface area contributed by atoms with E-state index in [9.17, 15) is 19.7 Å². The molecule has 2 heterocycles. The Morgan fingerprint density at radius 3 is 2.36 bits per heavy atom. The predicted molar refractivity (Wildman–Crippen MR) is 184 cm³/mol. The highest BCUT2D eigenvalue weighted by molar-refractivity contribution is 9.11.